The number of benzene rings is 3. The number of halogens is 2. The standard InChI is InChI=1S/C19H14Cl2O/c1-22-17-10-11-18(13-2-6-15(20)7-3-13)19(12-17)14-4-8-16(21)9-5-14/h2-12H,1H3. The predicted octanol–water partition coefficient (Wildman–Crippen LogP) is 6.34. The van der Waals surface area contributed by atoms with E-state index in [1.807, 2.05) is 60.7 Å². The molecule has 3 heteroatoms. The Morgan fingerprint density at radius 3 is 1.64 bits per heavy atom. The molecule has 0 aromatic heterocycles. The second kappa shape index (κ2) is 6.43. The zero-order valence-corrected chi connectivity index (χ0v) is 13.5. The van der Waals surface area contributed by atoms with Gasteiger partial charge in [-0.25, -0.2) is 0 Å². The lowest BCUT2D eigenvalue weighted by Gasteiger charge is -2.12. The Morgan fingerprint density at radius 1 is 0.636 bits per heavy atom. The second-order valence-electron chi connectivity index (χ2n) is 4.93. The minimum absolute atomic E-state index is 0.722. The van der Waals surface area contributed by atoms with Crippen LogP contribution in [-0.4, -0.2) is 7.11 Å². The Balaban J connectivity index is 2.17. The molecule has 0 radical (unpaired) electrons. The van der Waals surface area contributed by atoms with Crippen LogP contribution >= 0.6 is 23.2 Å². The van der Waals surface area contributed by atoms with E-state index >= 15 is 0 Å². The zero-order chi connectivity index (χ0) is 15.5. The smallest absolute Gasteiger partial charge is 0.119 e. The van der Waals surface area contributed by atoms with Crippen LogP contribution in [0.25, 0.3) is 22.3 Å². The van der Waals surface area contributed by atoms with Gasteiger partial charge >= 0.3 is 0 Å². The number of ether oxygens (including phenoxy) is 1. The molecule has 0 bridgehead atoms. The Labute approximate surface area is 140 Å². The fourth-order valence-corrected chi connectivity index (χ4v) is 2.65. The van der Waals surface area contributed by atoms with Crippen LogP contribution in [0.3, 0.4) is 0 Å². The van der Waals surface area contributed by atoms with Gasteiger partial charge in [-0.15, -0.1) is 0 Å². The van der Waals surface area contributed by atoms with Crippen molar-refractivity contribution in [1.29, 1.82) is 0 Å². The third-order valence-electron chi connectivity index (χ3n) is 3.54. The van der Waals surface area contributed by atoms with E-state index in [-0.39, 0.29) is 0 Å². The van der Waals surface area contributed by atoms with E-state index in [4.69, 9.17) is 27.9 Å². The molecular formula is C19H14Cl2O. The lowest BCUT2D eigenvalue weighted by Crippen LogP contribution is -1.88. The van der Waals surface area contributed by atoms with E-state index in [9.17, 15) is 0 Å². The van der Waals surface area contributed by atoms with Gasteiger partial charge in [-0.1, -0.05) is 53.5 Å². The molecule has 0 unspecified atom stereocenters. The Hall–Kier alpha value is -1.96. The molecule has 0 fully saturated rings. The van der Waals surface area contributed by atoms with E-state index in [2.05, 4.69) is 6.07 Å². The molecule has 0 atom stereocenters. The molecule has 1 nitrogen and oxygen atoms in total. The van der Waals surface area contributed by atoms with Gasteiger partial charge in [0.05, 0.1) is 7.11 Å². The average Bonchev–Trinajstić information content (AvgIpc) is 2.56. The third-order valence-corrected chi connectivity index (χ3v) is 4.04. The van der Waals surface area contributed by atoms with Crippen LogP contribution in [-0.2, 0) is 0 Å². The molecule has 0 aliphatic carbocycles. The summed E-state index contributed by atoms with van der Waals surface area (Å²) in [6.07, 6.45) is 0. The summed E-state index contributed by atoms with van der Waals surface area (Å²) in [6, 6.07) is 21.7. The van der Waals surface area contributed by atoms with Gasteiger partial charge in [0.15, 0.2) is 0 Å². The largest absolute Gasteiger partial charge is 0.497 e. The summed E-state index contributed by atoms with van der Waals surface area (Å²) in [5.41, 5.74) is 4.42. The lowest BCUT2D eigenvalue weighted by atomic mass is 9.94. The van der Waals surface area contributed by atoms with Crippen LogP contribution in [0.4, 0.5) is 0 Å². The molecule has 0 aliphatic rings. The van der Waals surface area contributed by atoms with Gasteiger partial charge < -0.3 is 4.74 Å². The van der Waals surface area contributed by atoms with Crippen molar-refractivity contribution in [2.75, 3.05) is 7.11 Å². The normalized spacial score (nSPS) is 10.5. The maximum absolute atomic E-state index is 5.99. The van der Waals surface area contributed by atoms with Crippen molar-refractivity contribution in [2.24, 2.45) is 0 Å². The molecule has 22 heavy (non-hydrogen) atoms. The van der Waals surface area contributed by atoms with E-state index in [0.717, 1.165) is 38.0 Å². The Morgan fingerprint density at radius 2 is 1.14 bits per heavy atom. The highest BCUT2D eigenvalue weighted by molar-refractivity contribution is 6.31. The van der Waals surface area contributed by atoms with Gasteiger partial charge in [-0.05, 0) is 58.7 Å². The van der Waals surface area contributed by atoms with E-state index in [0.29, 0.717) is 0 Å². The average molecular weight is 329 g/mol. The van der Waals surface area contributed by atoms with Gasteiger partial charge in [0.25, 0.3) is 0 Å². The summed E-state index contributed by atoms with van der Waals surface area (Å²) in [6.45, 7) is 0. The van der Waals surface area contributed by atoms with Gasteiger partial charge in [0.2, 0.25) is 0 Å². The topological polar surface area (TPSA) is 9.23 Å². The summed E-state index contributed by atoms with van der Waals surface area (Å²) >= 11 is 12.0. The molecule has 0 saturated heterocycles. The van der Waals surface area contributed by atoms with Crippen LogP contribution in [0, 0.1) is 0 Å². The van der Waals surface area contributed by atoms with Crippen LogP contribution in [0.2, 0.25) is 10.0 Å². The van der Waals surface area contributed by atoms with Crippen LogP contribution in [0.15, 0.2) is 66.7 Å². The maximum atomic E-state index is 5.99. The Bertz CT molecular complexity index is 778. The summed E-state index contributed by atoms with van der Waals surface area (Å²) in [4.78, 5) is 0. The summed E-state index contributed by atoms with van der Waals surface area (Å²) < 4.78 is 5.36. The first kappa shape index (κ1) is 15.0. The molecule has 0 saturated carbocycles. The molecule has 0 aliphatic heterocycles. The van der Waals surface area contributed by atoms with E-state index in [1.165, 1.54) is 0 Å². The number of hydrogen-bond acceptors (Lipinski definition) is 1. The SMILES string of the molecule is COc1ccc(-c2ccc(Cl)cc2)c(-c2ccc(Cl)cc2)c1. The third kappa shape index (κ3) is 3.11. The first-order valence-electron chi connectivity index (χ1n) is 6.87. The molecule has 0 spiro atoms. The lowest BCUT2D eigenvalue weighted by molar-refractivity contribution is 0.415. The molecule has 110 valence electrons. The van der Waals surface area contributed by atoms with E-state index < -0.39 is 0 Å². The van der Waals surface area contributed by atoms with Crippen LogP contribution in [0.5, 0.6) is 5.75 Å². The molecule has 0 amide bonds. The van der Waals surface area contributed by atoms with Crippen molar-refractivity contribution in [3.8, 4) is 28.0 Å². The van der Waals surface area contributed by atoms with Crippen molar-refractivity contribution in [2.45, 2.75) is 0 Å². The number of hydrogen-bond donors (Lipinski definition) is 0. The van der Waals surface area contributed by atoms with Crippen LogP contribution < -0.4 is 4.74 Å². The number of methoxy groups -OCH3 is 1. The highest BCUT2D eigenvalue weighted by Gasteiger charge is 2.09. The van der Waals surface area contributed by atoms with Crippen molar-refractivity contribution < 1.29 is 4.74 Å². The minimum atomic E-state index is 0.722. The van der Waals surface area contributed by atoms with Crippen molar-refractivity contribution >= 4 is 23.2 Å². The first-order valence-corrected chi connectivity index (χ1v) is 7.63. The zero-order valence-electron chi connectivity index (χ0n) is 12.0. The maximum Gasteiger partial charge on any atom is 0.119 e. The molecule has 3 rings (SSSR count). The van der Waals surface area contributed by atoms with Gasteiger partial charge in [0, 0.05) is 10.0 Å². The molecule has 3 aromatic carbocycles. The van der Waals surface area contributed by atoms with Crippen molar-refractivity contribution in [1.82, 2.24) is 0 Å². The van der Waals surface area contributed by atoms with E-state index in [1.54, 1.807) is 7.11 Å². The molecule has 0 heterocycles. The highest BCUT2D eigenvalue weighted by Crippen LogP contribution is 2.35. The Kier molecular flexibility index (Phi) is 4.37. The monoisotopic (exact) mass is 328 g/mol. The summed E-state index contributed by atoms with van der Waals surface area (Å²) in [5.74, 6) is 0.822. The van der Waals surface area contributed by atoms with Crippen molar-refractivity contribution in [3.63, 3.8) is 0 Å². The van der Waals surface area contributed by atoms with Gasteiger partial charge in [-0.3, -0.25) is 0 Å². The van der Waals surface area contributed by atoms with Crippen molar-refractivity contribution in [3.05, 3.63) is 76.8 Å². The van der Waals surface area contributed by atoms with Gasteiger partial charge in [-0.2, -0.15) is 0 Å². The first-order chi connectivity index (χ1) is 10.7. The highest BCUT2D eigenvalue weighted by atomic mass is 35.5. The minimum Gasteiger partial charge on any atom is -0.497 e. The molecule has 3 aromatic rings. The fraction of sp³-hybridized carbons (Fsp3) is 0.0526. The number of rotatable bonds is 3. The second-order valence-corrected chi connectivity index (χ2v) is 5.80. The summed E-state index contributed by atoms with van der Waals surface area (Å²) in [7, 11) is 1.67. The quantitative estimate of drug-likeness (QED) is 0.545. The molecular weight excluding hydrogens is 315 g/mol. The predicted molar refractivity (Wildman–Crippen MR) is 93.9 cm³/mol. The van der Waals surface area contributed by atoms with Crippen LogP contribution in [0.1, 0.15) is 0 Å². The van der Waals surface area contributed by atoms with Gasteiger partial charge in [0.1, 0.15) is 5.75 Å². The molecule has 0 N–H and O–H groups in total. The fourth-order valence-electron chi connectivity index (χ4n) is 2.40. The summed E-state index contributed by atoms with van der Waals surface area (Å²) in [5, 5.41) is 1.45.